The molecule has 0 spiro atoms. The Morgan fingerprint density at radius 3 is 2.85 bits per heavy atom. The zero-order chi connectivity index (χ0) is 13.5. The third-order valence-corrected chi connectivity index (χ3v) is 5.01. The fourth-order valence-electron chi connectivity index (χ4n) is 3.00. The lowest BCUT2D eigenvalue weighted by Crippen LogP contribution is -2.28. The van der Waals surface area contributed by atoms with Crippen LogP contribution >= 0.6 is 11.3 Å². The highest BCUT2D eigenvalue weighted by Gasteiger charge is 2.26. The first-order chi connectivity index (χ1) is 9.81. The summed E-state index contributed by atoms with van der Waals surface area (Å²) in [5, 5.41) is 1.20. The molecule has 2 nitrogen and oxygen atoms in total. The zero-order valence-electron chi connectivity index (χ0n) is 11.4. The number of para-hydroxylation sites is 2. The fraction of sp³-hybridized carbons (Fsp3) is 0.235. The predicted molar refractivity (Wildman–Crippen MR) is 85.4 cm³/mol. The van der Waals surface area contributed by atoms with Crippen LogP contribution in [0.1, 0.15) is 17.5 Å². The number of hydrogen-bond donors (Lipinski definition) is 0. The summed E-state index contributed by atoms with van der Waals surface area (Å²) in [5.41, 5.74) is 3.95. The molecule has 3 heteroatoms. The van der Waals surface area contributed by atoms with Gasteiger partial charge < -0.3 is 4.90 Å². The van der Waals surface area contributed by atoms with E-state index in [4.69, 9.17) is 4.98 Å². The molecule has 0 bridgehead atoms. The number of aromatic nitrogens is 1. The molecule has 2 heterocycles. The molecule has 0 fully saturated rings. The first-order valence-electron chi connectivity index (χ1n) is 7.00. The van der Waals surface area contributed by atoms with Gasteiger partial charge in [0.15, 0.2) is 0 Å². The second kappa shape index (κ2) is 4.60. The normalized spacial score (nSPS) is 17.6. The van der Waals surface area contributed by atoms with Crippen LogP contribution in [0.4, 0.5) is 5.69 Å². The van der Waals surface area contributed by atoms with Gasteiger partial charge in [0.25, 0.3) is 0 Å². The van der Waals surface area contributed by atoms with Gasteiger partial charge in [0, 0.05) is 11.7 Å². The Bertz CT molecular complexity index is 729. The molecule has 0 saturated carbocycles. The Morgan fingerprint density at radius 2 is 1.95 bits per heavy atom. The van der Waals surface area contributed by atoms with E-state index in [1.165, 1.54) is 21.0 Å². The molecule has 3 aromatic rings. The topological polar surface area (TPSA) is 16.1 Å². The first kappa shape index (κ1) is 11.9. The molecule has 0 radical (unpaired) electrons. The minimum Gasteiger partial charge on any atom is -0.362 e. The summed E-state index contributed by atoms with van der Waals surface area (Å²) in [4.78, 5) is 7.24. The first-order valence-corrected chi connectivity index (χ1v) is 7.82. The van der Waals surface area contributed by atoms with Gasteiger partial charge in [-0.3, -0.25) is 0 Å². The van der Waals surface area contributed by atoms with Crippen molar-refractivity contribution in [1.82, 2.24) is 4.98 Å². The number of fused-ring (bicyclic) bond motifs is 2. The van der Waals surface area contributed by atoms with Crippen molar-refractivity contribution in [3.05, 3.63) is 59.1 Å². The maximum atomic E-state index is 4.76. The minimum absolute atomic E-state index is 0.555. The third-order valence-electron chi connectivity index (χ3n) is 3.99. The number of nitrogens with zero attached hydrogens (tertiary/aromatic N) is 2. The summed E-state index contributed by atoms with van der Waals surface area (Å²) >= 11 is 1.81. The molecule has 20 heavy (non-hydrogen) atoms. The third kappa shape index (κ3) is 1.90. The summed E-state index contributed by atoms with van der Waals surface area (Å²) in [6, 6.07) is 17.7. The van der Waals surface area contributed by atoms with Crippen LogP contribution in [0.2, 0.25) is 0 Å². The van der Waals surface area contributed by atoms with E-state index in [9.17, 15) is 0 Å². The van der Waals surface area contributed by atoms with E-state index >= 15 is 0 Å². The molecule has 1 aliphatic heterocycles. The van der Waals surface area contributed by atoms with E-state index in [1.807, 2.05) is 11.3 Å². The standard InChI is InChI=1S/C17H16N2S/c1-12-10-13-6-2-4-8-15(13)19(12)11-17-18-14-7-3-5-9-16(14)20-17/h2-9,12H,10-11H2,1H3/t12-/m1/s1. The molecular weight excluding hydrogens is 264 g/mol. The van der Waals surface area contributed by atoms with E-state index in [1.54, 1.807) is 0 Å². The molecule has 0 N–H and O–H groups in total. The smallest absolute Gasteiger partial charge is 0.113 e. The van der Waals surface area contributed by atoms with Crippen molar-refractivity contribution in [3.8, 4) is 0 Å². The van der Waals surface area contributed by atoms with Gasteiger partial charge in [-0.2, -0.15) is 0 Å². The highest BCUT2D eigenvalue weighted by molar-refractivity contribution is 7.18. The van der Waals surface area contributed by atoms with E-state index in [-0.39, 0.29) is 0 Å². The van der Waals surface area contributed by atoms with Crippen molar-refractivity contribution in [1.29, 1.82) is 0 Å². The second-order valence-corrected chi connectivity index (χ2v) is 6.50. The van der Waals surface area contributed by atoms with Crippen LogP contribution in [0.5, 0.6) is 0 Å². The fourth-order valence-corrected chi connectivity index (χ4v) is 3.97. The average Bonchev–Trinajstić information content (AvgIpc) is 3.00. The number of anilines is 1. The number of benzene rings is 2. The van der Waals surface area contributed by atoms with Crippen LogP contribution in [0, 0.1) is 0 Å². The zero-order valence-corrected chi connectivity index (χ0v) is 12.2. The van der Waals surface area contributed by atoms with Crippen molar-refractivity contribution in [2.45, 2.75) is 25.9 Å². The van der Waals surface area contributed by atoms with Gasteiger partial charge >= 0.3 is 0 Å². The lowest BCUT2D eigenvalue weighted by atomic mass is 10.1. The van der Waals surface area contributed by atoms with E-state index < -0.39 is 0 Å². The quantitative estimate of drug-likeness (QED) is 0.697. The Morgan fingerprint density at radius 1 is 1.15 bits per heavy atom. The van der Waals surface area contributed by atoms with E-state index in [0.29, 0.717) is 6.04 Å². The Kier molecular flexibility index (Phi) is 2.74. The molecule has 100 valence electrons. The SMILES string of the molecule is C[C@@H]1Cc2ccccc2N1Cc1nc2ccccc2s1. The van der Waals surface area contributed by atoms with Crippen molar-refractivity contribution < 1.29 is 0 Å². The van der Waals surface area contributed by atoms with Crippen molar-refractivity contribution in [3.63, 3.8) is 0 Å². The summed E-state index contributed by atoms with van der Waals surface area (Å²) in [6.45, 7) is 3.21. The van der Waals surface area contributed by atoms with E-state index in [2.05, 4.69) is 60.4 Å². The largest absolute Gasteiger partial charge is 0.362 e. The molecule has 0 unspecified atom stereocenters. The highest BCUT2D eigenvalue weighted by atomic mass is 32.1. The van der Waals surface area contributed by atoms with E-state index in [0.717, 1.165) is 18.5 Å². The van der Waals surface area contributed by atoms with Gasteiger partial charge in [0.2, 0.25) is 0 Å². The van der Waals surface area contributed by atoms with Crippen molar-refractivity contribution >= 4 is 27.2 Å². The molecule has 1 aromatic heterocycles. The molecule has 0 amide bonds. The van der Waals surface area contributed by atoms with Crippen molar-refractivity contribution in [2.75, 3.05) is 4.90 Å². The Balaban J connectivity index is 1.68. The summed E-state index contributed by atoms with van der Waals surface area (Å²) in [5.74, 6) is 0. The van der Waals surface area contributed by atoms with Crippen LogP contribution < -0.4 is 4.90 Å². The second-order valence-electron chi connectivity index (χ2n) is 5.39. The van der Waals surface area contributed by atoms with Gasteiger partial charge in [-0.15, -0.1) is 11.3 Å². The van der Waals surface area contributed by atoms with Gasteiger partial charge in [0.05, 0.1) is 16.8 Å². The molecule has 1 aliphatic rings. The summed E-state index contributed by atoms with van der Waals surface area (Å²) in [6.07, 6.45) is 1.14. The molecule has 0 aliphatic carbocycles. The number of hydrogen-bond acceptors (Lipinski definition) is 3. The van der Waals surface area contributed by atoms with Crippen LogP contribution in [-0.4, -0.2) is 11.0 Å². The minimum atomic E-state index is 0.555. The van der Waals surface area contributed by atoms with Crippen LogP contribution in [-0.2, 0) is 13.0 Å². The molecular formula is C17H16N2S. The van der Waals surface area contributed by atoms with Crippen LogP contribution in [0.15, 0.2) is 48.5 Å². The van der Waals surface area contributed by atoms with Gasteiger partial charge in [0.1, 0.15) is 5.01 Å². The van der Waals surface area contributed by atoms with Gasteiger partial charge in [-0.25, -0.2) is 4.98 Å². The predicted octanol–water partition coefficient (Wildman–Crippen LogP) is 4.25. The molecule has 4 rings (SSSR count). The Labute approximate surface area is 122 Å². The number of rotatable bonds is 2. The van der Waals surface area contributed by atoms with Gasteiger partial charge in [-0.05, 0) is 37.1 Å². The van der Waals surface area contributed by atoms with Crippen LogP contribution in [0.3, 0.4) is 0 Å². The summed E-state index contributed by atoms with van der Waals surface area (Å²) < 4.78 is 1.28. The molecule has 0 saturated heterocycles. The molecule has 1 atom stereocenters. The van der Waals surface area contributed by atoms with Gasteiger partial charge in [-0.1, -0.05) is 30.3 Å². The highest BCUT2D eigenvalue weighted by Crippen LogP contribution is 2.34. The molecule has 2 aromatic carbocycles. The maximum absolute atomic E-state index is 4.76. The summed E-state index contributed by atoms with van der Waals surface area (Å²) in [7, 11) is 0. The lowest BCUT2D eigenvalue weighted by molar-refractivity contribution is 0.671. The number of thiazole rings is 1. The average molecular weight is 280 g/mol. The monoisotopic (exact) mass is 280 g/mol. The van der Waals surface area contributed by atoms with Crippen molar-refractivity contribution in [2.24, 2.45) is 0 Å². The van der Waals surface area contributed by atoms with Crippen LogP contribution in [0.25, 0.3) is 10.2 Å². The Hall–Kier alpha value is -1.87. The maximum Gasteiger partial charge on any atom is 0.113 e. The lowest BCUT2D eigenvalue weighted by Gasteiger charge is -2.23.